The summed E-state index contributed by atoms with van der Waals surface area (Å²) in [7, 11) is 3.30. The van der Waals surface area contributed by atoms with Gasteiger partial charge in [-0.3, -0.25) is 0 Å². The maximum absolute atomic E-state index is 5.62. The van der Waals surface area contributed by atoms with Crippen molar-refractivity contribution in [1.82, 2.24) is 5.32 Å². The fourth-order valence-corrected chi connectivity index (χ4v) is 2.26. The molecule has 0 fully saturated rings. The van der Waals surface area contributed by atoms with Gasteiger partial charge >= 0.3 is 0 Å². The molecule has 2 aromatic rings. The molecule has 0 aliphatic heterocycles. The molecule has 0 saturated heterocycles. The summed E-state index contributed by atoms with van der Waals surface area (Å²) < 4.78 is 16.2. The SMILES string of the molecule is COc1ccc(CCNC(C)c2ccc(C)o2)cc1OC. The Labute approximate surface area is 126 Å². The molecule has 1 unspecified atom stereocenters. The van der Waals surface area contributed by atoms with Gasteiger partial charge in [-0.1, -0.05) is 6.07 Å². The number of methoxy groups -OCH3 is 2. The molecular weight excluding hydrogens is 266 g/mol. The summed E-state index contributed by atoms with van der Waals surface area (Å²) in [5, 5.41) is 3.46. The Morgan fingerprint density at radius 2 is 1.86 bits per heavy atom. The van der Waals surface area contributed by atoms with Crippen molar-refractivity contribution in [2.24, 2.45) is 0 Å². The molecule has 0 saturated carbocycles. The van der Waals surface area contributed by atoms with Gasteiger partial charge in [-0.25, -0.2) is 0 Å². The third-order valence-corrected chi connectivity index (χ3v) is 3.50. The minimum atomic E-state index is 0.207. The second kappa shape index (κ2) is 7.18. The molecule has 1 N–H and O–H groups in total. The highest BCUT2D eigenvalue weighted by Gasteiger charge is 2.09. The van der Waals surface area contributed by atoms with Gasteiger partial charge in [0, 0.05) is 0 Å². The van der Waals surface area contributed by atoms with Crippen LogP contribution in [0.15, 0.2) is 34.7 Å². The lowest BCUT2D eigenvalue weighted by atomic mass is 10.1. The molecule has 0 amide bonds. The van der Waals surface area contributed by atoms with Gasteiger partial charge < -0.3 is 19.2 Å². The Morgan fingerprint density at radius 3 is 2.48 bits per heavy atom. The van der Waals surface area contributed by atoms with Gasteiger partial charge in [0.05, 0.1) is 20.3 Å². The van der Waals surface area contributed by atoms with E-state index in [2.05, 4.69) is 18.3 Å². The summed E-state index contributed by atoms with van der Waals surface area (Å²) in [6, 6.07) is 10.2. The van der Waals surface area contributed by atoms with Gasteiger partial charge in [0.2, 0.25) is 0 Å². The molecule has 0 bridgehead atoms. The number of nitrogens with one attached hydrogen (secondary N) is 1. The zero-order valence-corrected chi connectivity index (χ0v) is 13.1. The number of furan rings is 1. The number of hydrogen-bond acceptors (Lipinski definition) is 4. The van der Waals surface area contributed by atoms with E-state index in [0.29, 0.717) is 0 Å². The smallest absolute Gasteiger partial charge is 0.160 e. The third-order valence-electron chi connectivity index (χ3n) is 3.50. The van der Waals surface area contributed by atoms with Crippen LogP contribution in [0.4, 0.5) is 0 Å². The summed E-state index contributed by atoms with van der Waals surface area (Å²) in [6.07, 6.45) is 0.921. The minimum Gasteiger partial charge on any atom is -0.493 e. The first-order valence-electron chi connectivity index (χ1n) is 7.14. The van der Waals surface area contributed by atoms with Crippen LogP contribution in [-0.4, -0.2) is 20.8 Å². The highest BCUT2D eigenvalue weighted by molar-refractivity contribution is 5.42. The van der Waals surface area contributed by atoms with Crippen LogP contribution in [0.2, 0.25) is 0 Å². The average molecular weight is 289 g/mol. The lowest BCUT2D eigenvalue weighted by Gasteiger charge is -2.12. The Hall–Kier alpha value is -1.94. The highest BCUT2D eigenvalue weighted by Crippen LogP contribution is 2.27. The molecule has 1 aromatic heterocycles. The van der Waals surface area contributed by atoms with Crippen molar-refractivity contribution in [3.8, 4) is 11.5 Å². The van der Waals surface area contributed by atoms with Crippen molar-refractivity contribution < 1.29 is 13.9 Å². The molecular formula is C17H23NO3. The first-order valence-corrected chi connectivity index (χ1v) is 7.14. The van der Waals surface area contributed by atoms with Crippen LogP contribution in [0.1, 0.15) is 30.0 Å². The second-order valence-corrected chi connectivity index (χ2v) is 5.06. The van der Waals surface area contributed by atoms with E-state index in [1.807, 2.05) is 31.2 Å². The lowest BCUT2D eigenvalue weighted by Crippen LogP contribution is -2.21. The van der Waals surface area contributed by atoms with Crippen LogP contribution in [-0.2, 0) is 6.42 Å². The second-order valence-electron chi connectivity index (χ2n) is 5.06. The molecule has 21 heavy (non-hydrogen) atoms. The molecule has 1 aromatic carbocycles. The predicted octanol–water partition coefficient (Wildman–Crippen LogP) is 3.50. The normalized spacial score (nSPS) is 12.2. The van der Waals surface area contributed by atoms with Gasteiger partial charge in [-0.05, 0) is 56.6 Å². The topological polar surface area (TPSA) is 43.6 Å². The molecule has 0 aliphatic carbocycles. The summed E-state index contributed by atoms with van der Waals surface area (Å²) in [6.45, 7) is 4.93. The van der Waals surface area contributed by atoms with Crippen molar-refractivity contribution in [2.75, 3.05) is 20.8 Å². The van der Waals surface area contributed by atoms with E-state index in [0.717, 1.165) is 36.0 Å². The quantitative estimate of drug-likeness (QED) is 0.847. The summed E-state index contributed by atoms with van der Waals surface area (Å²) in [4.78, 5) is 0. The standard InChI is InChI=1S/C17H23NO3/c1-12-5-7-15(21-12)13(2)18-10-9-14-6-8-16(19-3)17(11-14)20-4/h5-8,11,13,18H,9-10H2,1-4H3. The van der Waals surface area contributed by atoms with Crippen LogP contribution < -0.4 is 14.8 Å². The molecule has 0 radical (unpaired) electrons. The van der Waals surface area contributed by atoms with Gasteiger partial charge in [0.25, 0.3) is 0 Å². The number of ether oxygens (including phenoxy) is 2. The monoisotopic (exact) mass is 289 g/mol. The van der Waals surface area contributed by atoms with Crippen LogP contribution in [0, 0.1) is 6.92 Å². The Morgan fingerprint density at radius 1 is 1.10 bits per heavy atom. The number of rotatable bonds is 7. The van der Waals surface area contributed by atoms with Crippen molar-refractivity contribution in [2.45, 2.75) is 26.3 Å². The summed E-state index contributed by atoms with van der Waals surface area (Å²) in [5.41, 5.74) is 1.21. The summed E-state index contributed by atoms with van der Waals surface area (Å²) in [5.74, 6) is 3.44. The van der Waals surface area contributed by atoms with E-state index >= 15 is 0 Å². The zero-order valence-electron chi connectivity index (χ0n) is 13.1. The molecule has 0 spiro atoms. The van der Waals surface area contributed by atoms with Gasteiger partial charge in [-0.15, -0.1) is 0 Å². The van der Waals surface area contributed by atoms with Crippen molar-refractivity contribution in [3.05, 3.63) is 47.4 Å². The fourth-order valence-electron chi connectivity index (χ4n) is 2.26. The van der Waals surface area contributed by atoms with Crippen molar-refractivity contribution in [1.29, 1.82) is 0 Å². The number of benzene rings is 1. The third kappa shape index (κ3) is 4.02. The lowest BCUT2D eigenvalue weighted by molar-refractivity contribution is 0.354. The van der Waals surface area contributed by atoms with Crippen molar-refractivity contribution >= 4 is 0 Å². The highest BCUT2D eigenvalue weighted by atomic mass is 16.5. The maximum atomic E-state index is 5.62. The van der Waals surface area contributed by atoms with Crippen LogP contribution in [0.5, 0.6) is 11.5 Å². The molecule has 1 atom stereocenters. The van der Waals surface area contributed by atoms with E-state index in [4.69, 9.17) is 13.9 Å². The molecule has 0 aliphatic rings. The van der Waals surface area contributed by atoms with E-state index in [1.54, 1.807) is 14.2 Å². The summed E-state index contributed by atoms with van der Waals surface area (Å²) >= 11 is 0. The van der Waals surface area contributed by atoms with E-state index < -0.39 is 0 Å². The van der Waals surface area contributed by atoms with Gasteiger partial charge in [0.1, 0.15) is 11.5 Å². The Bertz CT molecular complexity index is 577. The zero-order chi connectivity index (χ0) is 15.2. The molecule has 4 nitrogen and oxygen atoms in total. The van der Waals surface area contributed by atoms with Gasteiger partial charge in [0.15, 0.2) is 11.5 Å². The van der Waals surface area contributed by atoms with Crippen molar-refractivity contribution in [3.63, 3.8) is 0 Å². The van der Waals surface area contributed by atoms with Crippen LogP contribution in [0.25, 0.3) is 0 Å². The molecule has 114 valence electrons. The first kappa shape index (κ1) is 15.4. The molecule has 4 heteroatoms. The number of hydrogen-bond donors (Lipinski definition) is 1. The van der Waals surface area contributed by atoms with E-state index in [-0.39, 0.29) is 6.04 Å². The predicted molar refractivity (Wildman–Crippen MR) is 83.1 cm³/mol. The largest absolute Gasteiger partial charge is 0.493 e. The number of aryl methyl sites for hydroxylation is 1. The Kier molecular flexibility index (Phi) is 5.28. The van der Waals surface area contributed by atoms with E-state index in [1.165, 1.54) is 5.56 Å². The van der Waals surface area contributed by atoms with Gasteiger partial charge in [-0.2, -0.15) is 0 Å². The molecule has 2 rings (SSSR count). The fraction of sp³-hybridized carbons (Fsp3) is 0.412. The maximum Gasteiger partial charge on any atom is 0.160 e. The minimum absolute atomic E-state index is 0.207. The van der Waals surface area contributed by atoms with Crippen LogP contribution >= 0.6 is 0 Å². The Balaban J connectivity index is 1.88. The van der Waals surface area contributed by atoms with Crippen LogP contribution in [0.3, 0.4) is 0 Å². The first-order chi connectivity index (χ1) is 10.1. The van der Waals surface area contributed by atoms with E-state index in [9.17, 15) is 0 Å². The average Bonchev–Trinajstić information content (AvgIpc) is 2.93. The molecule has 1 heterocycles.